The van der Waals surface area contributed by atoms with Crippen molar-refractivity contribution in [1.82, 2.24) is 9.97 Å². The number of carboxylic acid groups (broad SMARTS) is 1. The maximum Gasteiger partial charge on any atom is 0.304 e. The second kappa shape index (κ2) is 6.56. The van der Waals surface area contributed by atoms with Gasteiger partial charge < -0.3 is 14.8 Å². The number of imidazole rings is 1. The number of aromatic amines is 1. The number of H-pyrrole nitrogens is 1. The lowest BCUT2D eigenvalue weighted by Crippen LogP contribution is -2.09. The average Bonchev–Trinajstić information content (AvgIpc) is 2.84. The third-order valence-electron chi connectivity index (χ3n) is 2.87. The van der Waals surface area contributed by atoms with Gasteiger partial charge in [-0.2, -0.15) is 0 Å². The molecule has 1 aromatic heterocycles. The summed E-state index contributed by atoms with van der Waals surface area (Å²) in [5.74, 6) is 0.222. The van der Waals surface area contributed by atoms with Gasteiger partial charge >= 0.3 is 5.97 Å². The van der Waals surface area contributed by atoms with Gasteiger partial charge in [-0.25, -0.2) is 4.98 Å². The molecule has 0 bridgehead atoms. The molecule has 1 heterocycles. The molecule has 0 amide bonds. The molecule has 0 aliphatic heterocycles. The van der Waals surface area contributed by atoms with E-state index in [-0.39, 0.29) is 12.3 Å². The molecule has 1 aromatic carbocycles. The number of carboxylic acids is 1. The molecule has 20 heavy (non-hydrogen) atoms. The van der Waals surface area contributed by atoms with Crippen molar-refractivity contribution in [3.05, 3.63) is 46.5 Å². The predicted molar refractivity (Wildman–Crippen MR) is 78.0 cm³/mol. The Labute approximate surface area is 125 Å². The molecule has 0 aliphatic rings. The third-order valence-corrected chi connectivity index (χ3v) is 3.27. The summed E-state index contributed by atoms with van der Waals surface area (Å²) < 4.78 is 6.11. The quantitative estimate of drug-likeness (QED) is 0.848. The minimum Gasteiger partial charge on any atom is -0.494 e. The topological polar surface area (TPSA) is 75.2 Å². The lowest BCUT2D eigenvalue weighted by Gasteiger charge is -2.13. The molecule has 0 fully saturated rings. The van der Waals surface area contributed by atoms with Crippen LogP contribution < -0.4 is 4.74 Å². The molecule has 0 aliphatic carbocycles. The van der Waals surface area contributed by atoms with Crippen molar-refractivity contribution in [2.24, 2.45) is 0 Å². The maximum atomic E-state index is 11.1. The molecule has 1 unspecified atom stereocenters. The van der Waals surface area contributed by atoms with Crippen molar-refractivity contribution in [2.45, 2.75) is 19.3 Å². The van der Waals surface area contributed by atoms with E-state index in [0.717, 1.165) is 15.9 Å². The molecule has 0 saturated carbocycles. The van der Waals surface area contributed by atoms with E-state index < -0.39 is 5.97 Å². The first-order chi connectivity index (χ1) is 9.60. The Hall–Kier alpha value is -1.82. The number of aliphatic carboxylic acids is 1. The summed E-state index contributed by atoms with van der Waals surface area (Å²) in [6.45, 7) is 2.52. The van der Waals surface area contributed by atoms with Crippen LogP contribution in [-0.4, -0.2) is 27.7 Å². The van der Waals surface area contributed by atoms with E-state index in [1.54, 1.807) is 6.20 Å². The Kier molecular flexibility index (Phi) is 4.79. The molecule has 6 heteroatoms. The van der Waals surface area contributed by atoms with E-state index in [2.05, 4.69) is 25.9 Å². The molecule has 2 rings (SSSR count). The zero-order chi connectivity index (χ0) is 14.5. The number of hydrogen-bond acceptors (Lipinski definition) is 3. The molecule has 106 valence electrons. The highest BCUT2D eigenvalue weighted by Gasteiger charge is 2.20. The summed E-state index contributed by atoms with van der Waals surface area (Å²) in [7, 11) is 0. The minimum atomic E-state index is -0.864. The Morgan fingerprint density at radius 1 is 1.45 bits per heavy atom. The molecule has 5 nitrogen and oxygen atoms in total. The number of benzene rings is 1. The van der Waals surface area contributed by atoms with Crippen LogP contribution in [0.15, 0.2) is 35.1 Å². The van der Waals surface area contributed by atoms with Gasteiger partial charge in [0.05, 0.1) is 25.1 Å². The first kappa shape index (κ1) is 14.6. The van der Waals surface area contributed by atoms with Crippen LogP contribution in [0.1, 0.15) is 30.7 Å². The predicted octanol–water partition coefficient (Wildman–Crippen LogP) is 3.18. The Morgan fingerprint density at radius 3 is 2.65 bits per heavy atom. The monoisotopic (exact) mass is 338 g/mol. The molecule has 2 N–H and O–H groups in total. The molecular weight excluding hydrogens is 324 g/mol. The van der Waals surface area contributed by atoms with Gasteiger partial charge in [-0.05, 0) is 40.5 Å². The Morgan fingerprint density at radius 2 is 2.15 bits per heavy atom. The number of carbonyl (C=O) groups is 1. The lowest BCUT2D eigenvalue weighted by molar-refractivity contribution is -0.137. The van der Waals surface area contributed by atoms with E-state index in [1.807, 2.05) is 31.2 Å². The van der Waals surface area contributed by atoms with E-state index in [1.165, 1.54) is 0 Å². The summed E-state index contributed by atoms with van der Waals surface area (Å²) >= 11 is 3.29. The van der Waals surface area contributed by atoms with Crippen LogP contribution in [0.25, 0.3) is 0 Å². The Bertz CT molecular complexity index is 580. The highest BCUT2D eigenvalue weighted by molar-refractivity contribution is 9.10. The second-order valence-electron chi connectivity index (χ2n) is 4.27. The van der Waals surface area contributed by atoms with Crippen molar-refractivity contribution >= 4 is 21.9 Å². The fraction of sp³-hybridized carbons (Fsp3) is 0.286. The number of nitrogens with zero attached hydrogens (tertiary/aromatic N) is 1. The fourth-order valence-corrected chi connectivity index (χ4v) is 2.31. The van der Waals surface area contributed by atoms with E-state index in [4.69, 9.17) is 9.84 Å². The van der Waals surface area contributed by atoms with Crippen molar-refractivity contribution in [2.75, 3.05) is 6.61 Å². The first-order valence-electron chi connectivity index (χ1n) is 6.25. The van der Waals surface area contributed by atoms with Crippen molar-refractivity contribution < 1.29 is 14.6 Å². The second-order valence-corrected chi connectivity index (χ2v) is 5.12. The molecule has 0 spiro atoms. The van der Waals surface area contributed by atoms with Crippen LogP contribution in [0.2, 0.25) is 0 Å². The minimum absolute atomic E-state index is 0.0199. The number of rotatable bonds is 6. The van der Waals surface area contributed by atoms with Gasteiger partial charge in [-0.15, -0.1) is 0 Å². The summed E-state index contributed by atoms with van der Waals surface area (Å²) in [5, 5.41) is 9.07. The summed E-state index contributed by atoms with van der Waals surface area (Å²) in [6, 6.07) is 7.42. The average molecular weight is 339 g/mol. The third kappa shape index (κ3) is 3.60. The van der Waals surface area contributed by atoms with Crippen molar-refractivity contribution in [3.8, 4) is 5.75 Å². The van der Waals surface area contributed by atoms with Crippen LogP contribution in [-0.2, 0) is 4.79 Å². The van der Waals surface area contributed by atoms with Crippen LogP contribution in [0, 0.1) is 0 Å². The van der Waals surface area contributed by atoms with Crippen molar-refractivity contribution in [3.63, 3.8) is 0 Å². The van der Waals surface area contributed by atoms with E-state index in [0.29, 0.717) is 12.4 Å². The number of hydrogen-bond donors (Lipinski definition) is 2. The van der Waals surface area contributed by atoms with Crippen LogP contribution in [0.3, 0.4) is 0 Å². The zero-order valence-electron chi connectivity index (χ0n) is 11.0. The van der Waals surface area contributed by atoms with Crippen LogP contribution in [0.4, 0.5) is 0 Å². The lowest BCUT2D eigenvalue weighted by atomic mass is 9.95. The fourth-order valence-electron chi connectivity index (χ4n) is 2.00. The largest absolute Gasteiger partial charge is 0.494 e. The molecule has 0 saturated heterocycles. The molecular formula is C14H15BrN2O3. The molecule has 0 radical (unpaired) electrons. The SMILES string of the molecule is CCOc1ccc(C(CC(=O)O)c2ncc(Br)[nH]2)cc1. The highest BCUT2D eigenvalue weighted by Crippen LogP contribution is 2.28. The maximum absolute atomic E-state index is 11.1. The van der Waals surface area contributed by atoms with Crippen LogP contribution >= 0.6 is 15.9 Å². The number of halogens is 1. The van der Waals surface area contributed by atoms with Gasteiger partial charge in [0.15, 0.2) is 0 Å². The number of aromatic nitrogens is 2. The zero-order valence-corrected chi connectivity index (χ0v) is 12.6. The normalized spacial score (nSPS) is 12.1. The Balaban J connectivity index is 2.28. The van der Waals surface area contributed by atoms with Crippen LogP contribution in [0.5, 0.6) is 5.75 Å². The van der Waals surface area contributed by atoms with Gasteiger partial charge in [0, 0.05) is 0 Å². The van der Waals surface area contributed by atoms with Gasteiger partial charge in [-0.3, -0.25) is 4.79 Å². The number of ether oxygens (including phenoxy) is 1. The van der Waals surface area contributed by atoms with E-state index >= 15 is 0 Å². The summed E-state index contributed by atoms with van der Waals surface area (Å²) in [4.78, 5) is 18.3. The van der Waals surface area contributed by atoms with Gasteiger partial charge in [0.1, 0.15) is 16.2 Å². The number of nitrogens with one attached hydrogen (secondary N) is 1. The molecule has 2 aromatic rings. The standard InChI is InChI=1S/C14H15BrN2O3/c1-2-20-10-5-3-9(4-6-10)11(7-13(18)19)14-16-8-12(15)17-14/h3-6,8,11H,2,7H2,1H3,(H,16,17)(H,18,19). The van der Waals surface area contributed by atoms with Gasteiger partial charge in [0.2, 0.25) is 0 Å². The van der Waals surface area contributed by atoms with E-state index in [9.17, 15) is 4.79 Å². The van der Waals surface area contributed by atoms with Gasteiger partial charge in [-0.1, -0.05) is 12.1 Å². The van der Waals surface area contributed by atoms with Gasteiger partial charge in [0.25, 0.3) is 0 Å². The summed E-state index contributed by atoms with van der Waals surface area (Å²) in [5.41, 5.74) is 0.887. The highest BCUT2D eigenvalue weighted by atomic mass is 79.9. The first-order valence-corrected chi connectivity index (χ1v) is 7.04. The smallest absolute Gasteiger partial charge is 0.304 e. The van der Waals surface area contributed by atoms with Crippen molar-refractivity contribution in [1.29, 1.82) is 0 Å². The molecule has 1 atom stereocenters. The summed E-state index contributed by atoms with van der Waals surface area (Å²) in [6.07, 6.45) is 1.60.